The molecule has 1 aliphatic heterocycles. The van der Waals surface area contributed by atoms with Crippen molar-refractivity contribution in [1.82, 2.24) is 5.32 Å². The molecule has 1 amide bonds. The summed E-state index contributed by atoms with van der Waals surface area (Å²) >= 11 is 5.95. The van der Waals surface area contributed by atoms with E-state index < -0.39 is 5.60 Å². The van der Waals surface area contributed by atoms with Gasteiger partial charge in [0.05, 0.1) is 12.2 Å². The second-order valence-electron chi connectivity index (χ2n) is 8.38. The minimum Gasteiger partial charge on any atom is -0.381 e. The maximum Gasteiger partial charge on any atom is 0.220 e. The van der Waals surface area contributed by atoms with Crippen molar-refractivity contribution < 1.29 is 19.1 Å². The third-order valence-corrected chi connectivity index (χ3v) is 6.42. The largest absolute Gasteiger partial charge is 0.381 e. The van der Waals surface area contributed by atoms with Gasteiger partial charge in [-0.25, -0.2) is 0 Å². The van der Waals surface area contributed by atoms with Crippen LogP contribution < -0.4 is 5.32 Å². The monoisotopic (exact) mass is 439 g/mol. The lowest BCUT2D eigenvalue weighted by molar-refractivity contribution is -0.124. The maximum atomic E-state index is 12.3. The highest BCUT2D eigenvalue weighted by atomic mass is 35.5. The van der Waals surface area contributed by atoms with Gasteiger partial charge in [0.15, 0.2) is 11.4 Å². The van der Waals surface area contributed by atoms with Gasteiger partial charge in [-0.15, -0.1) is 0 Å². The first-order valence-corrected chi connectivity index (χ1v) is 12.0. The molecule has 3 atom stereocenters. The molecule has 6 heteroatoms. The number of methoxy groups -OCH3 is 1. The Morgan fingerprint density at radius 3 is 2.83 bits per heavy atom. The zero-order valence-corrected chi connectivity index (χ0v) is 19.3. The molecule has 3 unspecified atom stereocenters. The number of nitrogens with one attached hydrogen (secondary N) is 1. The van der Waals surface area contributed by atoms with Gasteiger partial charge < -0.3 is 14.8 Å². The molecular weight excluding hydrogens is 402 g/mol. The molecule has 0 spiro atoms. The van der Waals surface area contributed by atoms with Gasteiger partial charge in [0.1, 0.15) is 0 Å². The Balaban J connectivity index is 1.61. The third kappa shape index (κ3) is 7.21. The van der Waals surface area contributed by atoms with Crippen molar-refractivity contribution >= 4 is 23.3 Å². The van der Waals surface area contributed by atoms with Gasteiger partial charge in [0.2, 0.25) is 5.91 Å². The van der Waals surface area contributed by atoms with E-state index in [1.165, 1.54) is 37.6 Å². The second kappa shape index (κ2) is 13.3. The Labute approximate surface area is 186 Å². The van der Waals surface area contributed by atoms with E-state index in [0.29, 0.717) is 24.8 Å². The van der Waals surface area contributed by atoms with Gasteiger partial charge >= 0.3 is 0 Å². The molecule has 1 saturated carbocycles. The fourth-order valence-corrected chi connectivity index (χ4v) is 4.45. The summed E-state index contributed by atoms with van der Waals surface area (Å²) in [4.78, 5) is 24.4. The minimum absolute atomic E-state index is 0.0493. The second-order valence-corrected chi connectivity index (χ2v) is 8.59. The number of hydrogen-bond donors (Lipinski definition) is 1. The van der Waals surface area contributed by atoms with E-state index in [0.717, 1.165) is 25.7 Å². The average Bonchev–Trinajstić information content (AvgIpc) is 3.49. The first kappa shape index (κ1) is 25.1. The summed E-state index contributed by atoms with van der Waals surface area (Å²) in [6, 6.07) is 0. The first-order valence-electron chi connectivity index (χ1n) is 11.5. The molecule has 2 rings (SSSR count). The van der Waals surface area contributed by atoms with Crippen LogP contribution >= 0.6 is 11.6 Å². The van der Waals surface area contributed by atoms with Crippen LogP contribution in [-0.4, -0.2) is 43.2 Å². The highest BCUT2D eigenvalue weighted by molar-refractivity contribution is 6.26. The van der Waals surface area contributed by atoms with Crippen molar-refractivity contribution in [2.45, 2.75) is 102 Å². The van der Waals surface area contributed by atoms with Crippen molar-refractivity contribution in [3.63, 3.8) is 0 Å². The summed E-state index contributed by atoms with van der Waals surface area (Å²) in [5.74, 6) is 0.0348. The number of hydrogen-bond acceptors (Lipinski definition) is 4. The number of carbonyl (C=O) groups is 2. The van der Waals surface area contributed by atoms with Crippen molar-refractivity contribution in [3.05, 3.63) is 23.3 Å². The number of unbranched alkanes of at least 4 members (excludes halogenated alkanes) is 4. The van der Waals surface area contributed by atoms with Crippen LogP contribution in [0.4, 0.5) is 0 Å². The van der Waals surface area contributed by atoms with E-state index in [-0.39, 0.29) is 30.4 Å². The van der Waals surface area contributed by atoms with Gasteiger partial charge in [-0.2, -0.15) is 0 Å². The van der Waals surface area contributed by atoms with E-state index in [1.54, 1.807) is 7.11 Å². The van der Waals surface area contributed by atoms with E-state index in [2.05, 4.69) is 18.3 Å². The number of epoxide rings is 1. The zero-order chi connectivity index (χ0) is 21.8. The predicted octanol–water partition coefficient (Wildman–Crippen LogP) is 5.22. The molecular formula is C24H38ClNO4. The fraction of sp³-hybridized carbons (Fsp3) is 0.750. The molecule has 1 N–H and O–H groups in total. The van der Waals surface area contributed by atoms with E-state index in [9.17, 15) is 9.59 Å². The van der Waals surface area contributed by atoms with E-state index in [4.69, 9.17) is 21.1 Å². The molecule has 1 heterocycles. The highest BCUT2D eigenvalue weighted by Crippen LogP contribution is 2.50. The summed E-state index contributed by atoms with van der Waals surface area (Å²) in [5.41, 5.74) is 1.21. The van der Waals surface area contributed by atoms with Crippen LogP contribution in [0.2, 0.25) is 0 Å². The van der Waals surface area contributed by atoms with Gasteiger partial charge in [0, 0.05) is 37.6 Å². The zero-order valence-electron chi connectivity index (χ0n) is 18.6. The van der Waals surface area contributed by atoms with E-state index >= 15 is 0 Å². The normalized spacial score (nSPS) is 24.7. The molecule has 0 radical (unpaired) electrons. The number of halogens is 1. The number of allylic oxidation sites excluding steroid dienone is 1. The minimum atomic E-state index is -0.862. The summed E-state index contributed by atoms with van der Waals surface area (Å²) in [7, 11) is 1.77. The Kier molecular flexibility index (Phi) is 11.1. The van der Waals surface area contributed by atoms with Crippen LogP contribution in [0.3, 0.4) is 0 Å². The lowest BCUT2D eigenvalue weighted by Gasteiger charge is -2.19. The number of ketones is 1. The van der Waals surface area contributed by atoms with Crippen LogP contribution in [0.5, 0.6) is 0 Å². The van der Waals surface area contributed by atoms with Crippen LogP contribution in [0.1, 0.15) is 84.0 Å². The Hall–Kier alpha value is -1.17. The van der Waals surface area contributed by atoms with Gasteiger partial charge in [-0.05, 0) is 32.1 Å². The number of ether oxygens (including phenoxy) is 2. The Morgan fingerprint density at radius 2 is 2.13 bits per heavy atom. The molecule has 30 heavy (non-hydrogen) atoms. The van der Waals surface area contributed by atoms with Crippen LogP contribution in [0.25, 0.3) is 0 Å². The molecule has 1 saturated heterocycles. The molecule has 2 fully saturated rings. The quantitative estimate of drug-likeness (QED) is 0.216. The number of rotatable bonds is 15. The summed E-state index contributed by atoms with van der Waals surface area (Å²) < 4.78 is 11.2. The molecule has 2 aliphatic rings. The van der Waals surface area contributed by atoms with E-state index in [1.807, 2.05) is 6.08 Å². The van der Waals surface area contributed by atoms with Crippen LogP contribution in [0.15, 0.2) is 23.3 Å². The van der Waals surface area contributed by atoms with Crippen LogP contribution in [0, 0.1) is 0 Å². The molecule has 0 bridgehead atoms. The predicted molar refractivity (Wildman–Crippen MR) is 121 cm³/mol. The van der Waals surface area contributed by atoms with Crippen LogP contribution in [-0.2, 0) is 19.1 Å². The summed E-state index contributed by atoms with van der Waals surface area (Å²) in [5, 5.41) is 2.88. The van der Waals surface area contributed by atoms with Crippen molar-refractivity contribution in [3.8, 4) is 0 Å². The van der Waals surface area contributed by atoms with Crippen molar-refractivity contribution in [2.75, 3.05) is 13.7 Å². The molecule has 0 aromatic carbocycles. The summed E-state index contributed by atoms with van der Waals surface area (Å²) in [6.07, 6.45) is 16.0. The van der Waals surface area contributed by atoms with Gasteiger partial charge in [0.25, 0.3) is 0 Å². The molecule has 5 nitrogen and oxygen atoms in total. The van der Waals surface area contributed by atoms with Crippen molar-refractivity contribution in [1.29, 1.82) is 0 Å². The average molecular weight is 440 g/mol. The molecule has 0 aromatic rings. The third-order valence-electron chi connectivity index (χ3n) is 6.16. The molecule has 0 aromatic heterocycles. The van der Waals surface area contributed by atoms with Gasteiger partial charge in [-0.1, -0.05) is 62.8 Å². The number of carbonyl (C=O) groups excluding carboxylic acids is 2. The lowest BCUT2D eigenvalue weighted by Crippen LogP contribution is -2.38. The highest BCUT2D eigenvalue weighted by Gasteiger charge is 2.65. The molecule has 1 aliphatic carbocycles. The standard InChI is InChI=1S/C24H38ClNO4/c1-3-4-5-6-8-12-20(29-2)13-9-7-10-16-23(28)26-18-19(17-25)24-21(27)14-11-15-22(24)30-24/h7,9,17,20,22H,3-6,8,10-16,18H2,1-2H3,(H,26,28). The first-order chi connectivity index (χ1) is 14.6. The fourth-order valence-electron chi connectivity index (χ4n) is 4.21. The van der Waals surface area contributed by atoms with Gasteiger partial charge in [-0.3, -0.25) is 9.59 Å². The number of fused-ring (bicyclic) bond motifs is 1. The smallest absolute Gasteiger partial charge is 0.220 e. The number of amides is 1. The number of Topliss-reactive ketones (excluding diaryl/α,β-unsaturated/α-hetero) is 1. The maximum absolute atomic E-state index is 12.3. The SMILES string of the molecule is CCCCCCCC(CC=CCCC(=O)NCC(=CCl)C12OC1CCCC2=O)OC. The summed E-state index contributed by atoms with van der Waals surface area (Å²) in [6.45, 7) is 2.49. The Bertz CT molecular complexity index is 618. The lowest BCUT2D eigenvalue weighted by atomic mass is 9.83. The molecule has 170 valence electrons. The van der Waals surface area contributed by atoms with Crippen molar-refractivity contribution in [2.24, 2.45) is 0 Å². The Morgan fingerprint density at radius 1 is 1.33 bits per heavy atom. The topological polar surface area (TPSA) is 67.9 Å².